The summed E-state index contributed by atoms with van der Waals surface area (Å²) in [4.78, 5) is 17.5. The van der Waals surface area contributed by atoms with Crippen LogP contribution in [0.5, 0.6) is 0 Å². The zero-order valence-corrected chi connectivity index (χ0v) is 24.6. The molecule has 0 unspecified atom stereocenters. The standard InChI is InChI=1S/C34H46N2OP/c1-4-34(2,3)36-27-25-35(26-28-36)33(37)24-16-5-6-17-29-38(30-18-10-7-11-19-30,31-20-12-8-13-21-31)32-22-14-9-15-23-32/h7-15,18-23H,4-6,16-17,24-29H2,1-3H3/q+1. The predicted octanol–water partition coefficient (Wildman–Crippen LogP) is 6.26. The second kappa shape index (κ2) is 13.5. The summed E-state index contributed by atoms with van der Waals surface area (Å²) in [7, 11) is -1.75. The highest BCUT2D eigenvalue weighted by Gasteiger charge is 2.44. The maximum absolute atomic E-state index is 12.9. The predicted molar refractivity (Wildman–Crippen MR) is 166 cm³/mol. The van der Waals surface area contributed by atoms with Crippen molar-refractivity contribution in [1.29, 1.82) is 0 Å². The van der Waals surface area contributed by atoms with E-state index in [-0.39, 0.29) is 5.54 Å². The summed E-state index contributed by atoms with van der Waals surface area (Å²) in [5.41, 5.74) is 0.228. The number of unbranched alkanes of at least 4 members (excludes halogenated alkanes) is 3. The molecule has 1 amide bonds. The lowest BCUT2D eigenvalue weighted by molar-refractivity contribution is -0.134. The van der Waals surface area contributed by atoms with Crippen molar-refractivity contribution in [2.75, 3.05) is 32.3 Å². The molecule has 0 radical (unpaired) electrons. The molecule has 1 aliphatic heterocycles. The summed E-state index contributed by atoms with van der Waals surface area (Å²) in [6, 6.07) is 33.4. The average molecular weight is 530 g/mol. The van der Waals surface area contributed by atoms with E-state index < -0.39 is 7.26 Å². The third kappa shape index (κ3) is 6.74. The number of carbonyl (C=O) groups excluding carboxylic acids is 1. The molecule has 3 aromatic carbocycles. The molecule has 0 aliphatic carbocycles. The van der Waals surface area contributed by atoms with E-state index in [2.05, 4.69) is 122 Å². The van der Waals surface area contributed by atoms with Gasteiger partial charge in [-0.15, -0.1) is 0 Å². The lowest BCUT2D eigenvalue weighted by Gasteiger charge is -2.43. The van der Waals surface area contributed by atoms with Crippen LogP contribution in [0.4, 0.5) is 0 Å². The van der Waals surface area contributed by atoms with Gasteiger partial charge in [-0.3, -0.25) is 9.69 Å². The number of amides is 1. The molecule has 0 N–H and O–H groups in total. The zero-order chi connectivity index (χ0) is 26.8. The van der Waals surface area contributed by atoms with Crippen molar-refractivity contribution < 1.29 is 4.79 Å². The average Bonchev–Trinajstić information content (AvgIpc) is 2.98. The monoisotopic (exact) mass is 529 g/mol. The van der Waals surface area contributed by atoms with Crippen LogP contribution in [0.3, 0.4) is 0 Å². The third-order valence-electron chi connectivity index (χ3n) is 8.58. The van der Waals surface area contributed by atoms with E-state index in [1.165, 1.54) is 28.8 Å². The van der Waals surface area contributed by atoms with Crippen LogP contribution >= 0.6 is 7.26 Å². The molecule has 0 bridgehead atoms. The molecule has 0 saturated carbocycles. The number of carbonyl (C=O) groups is 1. The van der Waals surface area contributed by atoms with Crippen LogP contribution in [0.25, 0.3) is 0 Å². The topological polar surface area (TPSA) is 23.6 Å². The van der Waals surface area contributed by atoms with E-state index in [4.69, 9.17) is 0 Å². The molecule has 1 aliphatic rings. The molecule has 0 atom stereocenters. The van der Waals surface area contributed by atoms with Gasteiger partial charge in [-0.25, -0.2) is 0 Å². The number of rotatable bonds is 12. The summed E-state index contributed by atoms with van der Waals surface area (Å²) in [5.74, 6) is 0.346. The van der Waals surface area contributed by atoms with E-state index in [1.807, 2.05) is 0 Å². The van der Waals surface area contributed by atoms with Crippen LogP contribution in [0.2, 0.25) is 0 Å². The van der Waals surface area contributed by atoms with Gasteiger partial charge in [0.25, 0.3) is 0 Å². The lowest BCUT2D eigenvalue weighted by Crippen LogP contribution is -2.55. The quantitative estimate of drug-likeness (QED) is 0.204. The lowest BCUT2D eigenvalue weighted by atomic mass is 9.98. The molecule has 0 spiro atoms. The fraction of sp³-hybridized carbons (Fsp3) is 0.441. The summed E-state index contributed by atoms with van der Waals surface area (Å²) < 4.78 is 0. The number of nitrogens with zero attached hydrogens (tertiary/aromatic N) is 2. The molecule has 1 heterocycles. The summed E-state index contributed by atoms with van der Waals surface area (Å²) in [6.45, 7) is 10.6. The van der Waals surface area contributed by atoms with Crippen LogP contribution in [0.15, 0.2) is 91.0 Å². The molecule has 38 heavy (non-hydrogen) atoms. The highest BCUT2D eigenvalue weighted by Crippen LogP contribution is 2.56. The van der Waals surface area contributed by atoms with Gasteiger partial charge in [0.15, 0.2) is 0 Å². The molecular weight excluding hydrogens is 483 g/mol. The Morgan fingerprint density at radius 2 is 1.13 bits per heavy atom. The van der Waals surface area contributed by atoms with Gasteiger partial charge in [0.2, 0.25) is 5.91 Å². The Balaban J connectivity index is 1.34. The second-order valence-corrected chi connectivity index (χ2v) is 14.9. The van der Waals surface area contributed by atoms with E-state index in [9.17, 15) is 4.79 Å². The summed E-state index contributed by atoms with van der Waals surface area (Å²) >= 11 is 0. The van der Waals surface area contributed by atoms with Gasteiger partial charge in [0, 0.05) is 38.1 Å². The summed E-state index contributed by atoms with van der Waals surface area (Å²) in [5, 5.41) is 4.37. The number of hydrogen-bond acceptors (Lipinski definition) is 2. The molecule has 1 saturated heterocycles. The van der Waals surface area contributed by atoms with Gasteiger partial charge in [0.05, 0.1) is 6.16 Å². The van der Waals surface area contributed by atoms with E-state index in [0.717, 1.165) is 51.6 Å². The smallest absolute Gasteiger partial charge is 0.222 e. The Morgan fingerprint density at radius 1 is 0.684 bits per heavy atom. The molecule has 3 aromatic rings. The van der Waals surface area contributed by atoms with Crippen LogP contribution < -0.4 is 15.9 Å². The first-order valence-electron chi connectivity index (χ1n) is 14.5. The van der Waals surface area contributed by atoms with Crippen molar-refractivity contribution in [3.8, 4) is 0 Å². The molecular formula is C34H46N2OP+. The van der Waals surface area contributed by atoms with E-state index in [1.54, 1.807) is 0 Å². The molecule has 0 aromatic heterocycles. The van der Waals surface area contributed by atoms with Crippen molar-refractivity contribution in [2.45, 2.75) is 64.8 Å². The number of piperazine rings is 1. The summed E-state index contributed by atoms with van der Waals surface area (Å²) in [6.07, 6.45) is 7.44. The van der Waals surface area contributed by atoms with Crippen LogP contribution in [-0.4, -0.2) is 53.6 Å². The van der Waals surface area contributed by atoms with Crippen LogP contribution in [0, 0.1) is 0 Å². The Bertz CT molecular complexity index is 1010. The molecule has 4 heteroatoms. The van der Waals surface area contributed by atoms with Crippen molar-refractivity contribution in [1.82, 2.24) is 9.80 Å². The van der Waals surface area contributed by atoms with Crippen molar-refractivity contribution in [3.63, 3.8) is 0 Å². The van der Waals surface area contributed by atoms with Crippen molar-refractivity contribution in [2.24, 2.45) is 0 Å². The van der Waals surface area contributed by atoms with E-state index in [0.29, 0.717) is 12.3 Å². The first kappa shape index (κ1) is 28.5. The number of hydrogen-bond donors (Lipinski definition) is 0. The van der Waals surface area contributed by atoms with Gasteiger partial charge in [-0.05, 0) is 75.9 Å². The van der Waals surface area contributed by atoms with Crippen molar-refractivity contribution >= 4 is 29.1 Å². The van der Waals surface area contributed by atoms with Crippen molar-refractivity contribution in [3.05, 3.63) is 91.0 Å². The highest BCUT2D eigenvalue weighted by atomic mass is 31.2. The Kier molecular flexibility index (Phi) is 10.2. The van der Waals surface area contributed by atoms with Gasteiger partial charge >= 0.3 is 0 Å². The Hall–Kier alpha value is -2.48. The fourth-order valence-corrected chi connectivity index (χ4v) is 10.2. The fourth-order valence-electron chi connectivity index (χ4n) is 5.80. The molecule has 3 nitrogen and oxygen atoms in total. The SMILES string of the molecule is CCC(C)(C)N1CCN(C(=O)CCCCCC[P+](c2ccccc2)(c2ccccc2)c2ccccc2)CC1. The molecule has 4 rings (SSSR count). The minimum Gasteiger partial charge on any atom is -0.340 e. The zero-order valence-electron chi connectivity index (χ0n) is 23.7. The minimum atomic E-state index is -1.75. The second-order valence-electron chi connectivity index (χ2n) is 11.2. The third-order valence-corrected chi connectivity index (χ3v) is 13.1. The highest BCUT2D eigenvalue weighted by molar-refractivity contribution is 7.95. The van der Waals surface area contributed by atoms with Gasteiger partial charge in [-0.1, -0.05) is 67.9 Å². The van der Waals surface area contributed by atoms with Crippen LogP contribution in [-0.2, 0) is 4.79 Å². The van der Waals surface area contributed by atoms with Crippen LogP contribution in [0.1, 0.15) is 59.3 Å². The molecule has 202 valence electrons. The maximum atomic E-state index is 12.9. The number of benzene rings is 3. The van der Waals surface area contributed by atoms with Gasteiger partial charge < -0.3 is 4.90 Å². The Labute approximate surface area is 231 Å². The van der Waals surface area contributed by atoms with E-state index >= 15 is 0 Å². The van der Waals surface area contributed by atoms with Gasteiger partial charge in [0.1, 0.15) is 23.2 Å². The first-order valence-corrected chi connectivity index (χ1v) is 16.5. The normalized spacial score (nSPS) is 15.0. The Morgan fingerprint density at radius 3 is 1.58 bits per heavy atom. The molecule has 1 fully saturated rings. The first-order chi connectivity index (χ1) is 18.5. The van der Waals surface area contributed by atoms with Gasteiger partial charge in [-0.2, -0.15) is 0 Å². The largest absolute Gasteiger partial charge is 0.340 e. The minimum absolute atomic E-state index is 0.228. The maximum Gasteiger partial charge on any atom is 0.222 e.